The average molecular weight is 730 g/mol. The maximum atomic E-state index is 14.0. The van der Waals surface area contributed by atoms with Crippen LogP contribution in [0, 0.1) is 12.8 Å². The molecule has 272 valence electrons. The van der Waals surface area contributed by atoms with Gasteiger partial charge in [0.1, 0.15) is 24.7 Å². The van der Waals surface area contributed by atoms with Crippen LogP contribution in [0.4, 0.5) is 0 Å². The molecule has 11 heteroatoms. The Labute approximate surface area is 306 Å². The quantitative estimate of drug-likeness (QED) is 0.0949. The van der Waals surface area contributed by atoms with Crippen molar-refractivity contribution in [2.45, 2.75) is 78.0 Å². The molecule has 0 bridgehead atoms. The second-order valence-corrected chi connectivity index (χ2v) is 14.0. The predicted molar refractivity (Wildman–Crippen MR) is 196 cm³/mol. The van der Waals surface area contributed by atoms with Gasteiger partial charge in [-0.2, -0.15) is 0 Å². The van der Waals surface area contributed by atoms with Crippen LogP contribution in [0.5, 0.6) is 17.2 Å². The lowest BCUT2D eigenvalue weighted by Gasteiger charge is -2.28. The first-order valence-electron chi connectivity index (χ1n) is 17.2. The van der Waals surface area contributed by atoms with Crippen molar-refractivity contribution in [3.63, 3.8) is 0 Å². The van der Waals surface area contributed by atoms with Crippen LogP contribution in [-0.2, 0) is 38.4 Å². The van der Waals surface area contributed by atoms with Crippen LogP contribution in [0.25, 0.3) is 0 Å². The number of amides is 1. The minimum atomic E-state index is -1.17. The van der Waals surface area contributed by atoms with Gasteiger partial charge >= 0.3 is 5.97 Å². The lowest BCUT2D eigenvalue weighted by atomic mass is 9.97. The van der Waals surface area contributed by atoms with Crippen molar-refractivity contribution >= 4 is 35.1 Å². The number of aryl methyl sites for hydroxylation is 2. The maximum absolute atomic E-state index is 14.0. The summed E-state index contributed by atoms with van der Waals surface area (Å²) in [6.45, 7) is 9.19. The molecule has 1 aliphatic carbocycles. The number of benzene rings is 3. The fraction of sp³-hybridized carbons (Fsp3) is 0.487. The van der Waals surface area contributed by atoms with E-state index in [1.807, 2.05) is 48.2 Å². The maximum Gasteiger partial charge on any atom is 0.349 e. The zero-order valence-electron chi connectivity index (χ0n) is 29.8. The summed E-state index contributed by atoms with van der Waals surface area (Å²) in [6, 6.07) is 17.4. The van der Waals surface area contributed by atoms with E-state index in [0.29, 0.717) is 53.5 Å². The van der Waals surface area contributed by atoms with E-state index < -0.39 is 11.6 Å². The van der Waals surface area contributed by atoms with E-state index in [4.69, 9.17) is 52.6 Å². The van der Waals surface area contributed by atoms with E-state index in [1.165, 1.54) is 0 Å². The third kappa shape index (κ3) is 11.5. The van der Waals surface area contributed by atoms with Crippen LogP contribution >= 0.6 is 23.2 Å². The molecule has 2 N–H and O–H groups in total. The van der Waals surface area contributed by atoms with Crippen LogP contribution in [0.2, 0.25) is 10.0 Å². The number of nitrogens with two attached hydrogens (primary N) is 1. The SMILES string of the molecule is CCOC(=O)C(C)(C)Oc1cc(CCCOC)cc(CN(C(=O)C(CN)Cc2ccc(OCCOc3c(Cl)cc(C)cc3Cl)cc2)C2CC2)c1. The second kappa shape index (κ2) is 18.7. The van der Waals surface area contributed by atoms with Crippen molar-refractivity contribution in [1.82, 2.24) is 4.90 Å². The van der Waals surface area contributed by atoms with Gasteiger partial charge in [0.15, 0.2) is 11.4 Å². The molecule has 0 aliphatic heterocycles. The van der Waals surface area contributed by atoms with E-state index >= 15 is 0 Å². The number of ether oxygens (including phenoxy) is 5. The molecule has 0 aromatic heterocycles. The van der Waals surface area contributed by atoms with Crippen LogP contribution in [0.15, 0.2) is 54.6 Å². The number of methoxy groups -OCH3 is 1. The van der Waals surface area contributed by atoms with Gasteiger partial charge in [-0.1, -0.05) is 41.4 Å². The van der Waals surface area contributed by atoms with Gasteiger partial charge in [0, 0.05) is 32.8 Å². The zero-order chi connectivity index (χ0) is 36.3. The molecule has 0 heterocycles. The molecular formula is C39H50Cl2N2O7. The van der Waals surface area contributed by atoms with Crippen molar-refractivity contribution in [2.75, 3.05) is 40.1 Å². The summed E-state index contributed by atoms with van der Waals surface area (Å²) in [6.07, 6.45) is 4.01. The number of hydrogen-bond acceptors (Lipinski definition) is 8. The summed E-state index contributed by atoms with van der Waals surface area (Å²) in [7, 11) is 1.68. The van der Waals surface area contributed by atoms with E-state index in [1.54, 1.807) is 40.0 Å². The molecule has 1 unspecified atom stereocenters. The minimum absolute atomic E-state index is 0.0278. The standard InChI is InChI=1S/C39H50Cl2N2O7/c1-6-47-38(45)39(3,4)50-33-22-28(8-7-15-46-5)20-29(23-33)25-43(31-11-12-31)37(44)30(24-42)21-27-9-13-32(14-10-27)48-16-17-49-36-34(40)18-26(2)19-35(36)41/h9-10,13-14,18-20,22-23,30-31H,6-8,11-12,15-17,21,24-25,42H2,1-5H3. The van der Waals surface area contributed by atoms with Crippen molar-refractivity contribution in [2.24, 2.45) is 11.7 Å². The molecule has 0 saturated heterocycles. The molecule has 9 nitrogen and oxygen atoms in total. The lowest BCUT2D eigenvalue weighted by Crippen LogP contribution is -2.41. The molecule has 1 amide bonds. The Bertz CT molecular complexity index is 1550. The number of rotatable bonds is 20. The second-order valence-electron chi connectivity index (χ2n) is 13.1. The van der Waals surface area contributed by atoms with Crippen LogP contribution in [0.3, 0.4) is 0 Å². The minimum Gasteiger partial charge on any atom is -0.490 e. The number of carbonyl (C=O) groups excluding carboxylic acids is 2. The number of hydrogen-bond donors (Lipinski definition) is 1. The summed E-state index contributed by atoms with van der Waals surface area (Å²) in [5, 5.41) is 0.924. The smallest absolute Gasteiger partial charge is 0.349 e. The number of nitrogens with zero attached hydrogens (tertiary/aromatic N) is 1. The normalized spacial score (nSPS) is 13.4. The first-order valence-corrected chi connectivity index (χ1v) is 18.0. The highest BCUT2D eigenvalue weighted by molar-refractivity contribution is 6.37. The molecule has 4 rings (SSSR count). The van der Waals surface area contributed by atoms with Gasteiger partial charge in [0.25, 0.3) is 0 Å². The van der Waals surface area contributed by atoms with Crippen LogP contribution in [0.1, 0.15) is 62.3 Å². The Kier molecular flexibility index (Phi) is 14.7. The fourth-order valence-corrected chi connectivity index (χ4v) is 6.40. The van der Waals surface area contributed by atoms with Gasteiger partial charge in [0.05, 0.1) is 22.6 Å². The van der Waals surface area contributed by atoms with Crippen LogP contribution in [-0.4, -0.2) is 68.5 Å². The summed E-state index contributed by atoms with van der Waals surface area (Å²) in [4.78, 5) is 28.6. The largest absolute Gasteiger partial charge is 0.490 e. The van der Waals surface area contributed by atoms with Gasteiger partial charge in [-0.15, -0.1) is 0 Å². The molecule has 1 fully saturated rings. The number of carbonyl (C=O) groups is 2. The molecule has 0 spiro atoms. The van der Waals surface area contributed by atoms with Crippen molar-refractivity contribution in [3.05, 3.63) is 86.9 Å². The van der Waals surface area contributed by atoms with Gasteiger partial charge < -0.3 is 34.3 Å². The van der Waals surface area contributed by atoms with E-state index in [2.05, 4.69) is 6.07 Å². The topological polar surface area (TPSA) is 110 Å². The molecule has 3 aromatic carbocycles. The van der Waals surface area contributed by atoms with Gasteiger partial charge in [-0.3, -0.25) is 4.79 Å². The summed E-state index contributed by atoms with van der Waals surface area (Å²) < 4.78 is 28.3. The lowest BCUT2D eigenvalue weighted by molar-refractivity contribution is -0.158. The molecule has 1 atom stereocenters. The summed E-state index contributed by atoms with van der Waals surface area (Å²) >= 11 is 12.5. The molecule has 1 saturated carbocycles. The monoisotopic (exact) mass is 728 g/mol. The first kappa shape index (κ1) is 39.3. The Morgan fingerprint density at radius 2 is 1.58 bits per heavy atom. The van der Waals surface area contributed by atoms with Gasteiger partial charge in [0.2, 0.25) is 5.91 Å². The Morgan fingerprint density at radius 1 is 0.920 bits per heavy atom. The molecule has 3 aromatic rings. The Hall–Kier alpha value is -3.50. The number of esters is 1. The van der Waals surface area contributed by atoms with E-state index in [-0.39, 0.29) is 37.6 Å². The Morgan fingerprint density at radius 3 is 2.20 bits per heavy atom. The number of halogens is 2. The fourth-order valence-electron chi connectivity index (χ4n) is 5.69. The van der Waals surface area contributed by atoms with Crippen molar-refractivity contribution in [3.8, 4) is 17.2 Å². The van der Waals surface area contributed by atoms with Crippen molar-refractivity contribution in [1.29, 1.82) is 0 Å². The highest BCUT2D eigenvalue weighted by Crippen LogP contribution is 2.34. The molecule has 50 heavy (non-hydrogen) atoms. The van der Waals surface area contributed by atoms with Crippen LogP contribution < -0.4 is 19.9 Å². The highest BCUT2D eigenvalue weighted by atomic mass is 35.5. The van der Waals surface area contributed by atoms with Crippen molar-refractivity contribution < 1.29 is 33.3 Å². The average Bonchev–Trinajstić information content (AvgIpc) is 3.91. The third-order valence-corrected chi connectivity index (χ3v) is 8.95. The highest BCUT2D eigenvalue weighted by Gasteiger charge is 2.36. The third-order valence-electron chi connectivity index (χ3n) is 8.38. The molecule has 0 radical (unpaired) electrons. The molecule has 1 aliphatic rings. The first-order chi connectivity index (χ1) is 23.9. The zero-order valence-corrected chi connectivity index (χ0v) is 31.3. The molecular weight excluding hydrogens is 679 g/mol. The summed E-state index contributed by atoms with van der Waals surface area (Å²) in [5.41, 5.74) is 8.97. The van der Waals surface area contributed by atoms with Gasteiger partial charge in [-0.05, 0) is 118 Å². The van der Waals surface area contributed by atoms with E-state index in [9.17, 15) is 9.59 Å². The van der Waals surface area contributed by atoms with E-state index in [0.717, 1.165) is 47.9 Å². The van der Waals surface area contributed by atoms with Gasteiger partial charge in [-0.25, -0.2) is 4.79 Å². The summed E-state index contributed by atoms with van der Waals surface area (Å²) in [5.74, 6) is 0.890. The predicted octanol–water partition coefficient (Wildman–Crippen LogP) is 7.37. The Balaban J connectivity index is 1.40.